The van der Waals surface area contributed by atoms with Crippen molar-refractivity contribution in [3.8, 4) is 32.8 Å². The normalized spacial score (nSPS) is 15.0. The standard InChI is InChI=1S/C25H24N2O3S/c1-14(2)30-22-9-5-17(10-18(22)12-26)23-13-27-25(31-23)20-7-8-21-16(11-24(28)29)4-6-19(21)15(20)3/h5,7-10,13-14,16H,4,6,11H2,1-3H3,(H,28,29). The maximum Gasteiger partial charge on any atom is 0.303 e. The second-order valence-corrected chi connectivity index (χ2v) is 9.19. The first kappa shape index (κ1) is 21.1. The molecule has 0 radical (unpaired) electrons. The van der Waals surface area contributed by atoms with Crippen molar-refractivity contribution in [3.63, 3.8) is 0 Å². The van der Waals surface area contributed by atoms with Gasteiger partial charge >= 0.3 is 5.97 Å². The van der Waals surface area contributed by atoms with Crippen LogP contribution >= 0.6 is 11.3 Å². The fraction of sp³-hybridized carbons (Fsp3) is 0.320. The number of rotatable bonds is 6. The van der Waals surface area contributed by atoms with Crippen molar-refractivity contribution in [1.29, 1.82) is 5.26 Å². The van der Waals surface area contributed by atoms with Crippen molar-refractivity contribution >= 4 is 17.3 Å². The molecule has 5 nitrogen and oxygen atoms in total. The summed E-state index contributed by atoms with van der Waals surface area (Å²) in [6, 6.07) is 12.0. The molecule has 6 heteroatoms. The first-order valence-electron chi connectivity index (χ1n) is 10.4. The summed E-state index contributed by atoms with van der Waals surface area (Å²) in [4.78, 5) is 16.8. The molecule has 4 rings (SSSR count). The molecule has 1 N–H and O–H groups in total. The highest BCUT2D eigenvalue weighted by molar-refractivity contribution is 7.18. The first-order chi connectivity index (χ1) is 14.9. The number of carboxylic acids is 1. The Morgan fingerprint density at radius 1 is 1.35 bits per heavy atom. The molecular formula is C25H24N2O3S. The van der Waals surface area contributed by atoms with Crippen LogP contribution in [-0.2, 0) is 11.2 Å². The van der Waals surface area contributed by atoms with E-state index in [1.165, 1.54) is 16.7 Å². The van der Waals surface area contributed by atoms with Crippen LogP contribution in [0, 0.1) is 18.3 Å². The van der Waals surface area contributed by atoms with Gasteiger partial charge in [0.1, 0.15) is 16.8 Å². The number of hydrogen-bond donors (Lipinski definition) is 1. The second-order valence-electron chi connectivity index (χ2n) is 8.16. The van der Waals surface area contributed by atoms with E-state index in [1.54, 1.807) is 11.3 Å². The number of aliphatic carboxylic acids is 1. The molecule has 0 spiro atoms. The summed E-state index contributed by atoms with van der Waals surface area (Å²) >= 11 is 1.59. The molecule has 1 aliphatic carbocycles. The molecule has 0 amide bonds. The molecule has 1 unspecified atom stereocenters. The smallest absolute Gasteiger partial charge is 0.303 e. The predicted molar refractivity (Wildman–Crippen MR) is 122 cm³/mol. The van der Waals surface area contributed by atoms with Crippen molar-refractivity contribution in [1.82, 2.24) is 4.98 Å². The number of thiazole rings is 1. The summed E-state index contributed by atoms with van der Waals surface area (Å²) in [6.45, 7) is 5.98. The molecule has 0 saturated carbocycles. The Kier molecular flexibility index (Phi) is 5.79. The summed E-state index contributed by atoms with van der Waals surface area (Å²) in [5, 5.41) is 19.6. The summed E-state index contributed by atoms with van der Waals surface area (Å²) in [5.41, 5.74) is 6.16. The largest absolute Gasteiger partial charge is 0.490 e. The lowest BCUT2D eigenvalue weighted by Crippen LogP contribution is -2.06. The lowest BCUT2D eigenvalue weighted by atomic mass is 9.94. The fourth-order valence-corrected chi connectivity index (χ4v) is 5.28. The van der Waals surface area contributed by atoms with Crippen molar-refractivity contribution in [2.24, 2.45) is 0 Å². The maximum atomic E-state index is 11.2. The Balaban J connectivity index is 1.64. The fourth-order valence-electron chi connectivity index (χ4n) is 4.28. The van der Waals surface area contributed by atoms with Crippen LogP contribution in [0.2, 0.25) is 0 Å². The molecule has 0 bridgehead atoms. The number of nitrogens with zero attached hydrogens (tertiary/aromatic N) is 2. The molecule has 1 atom stereocenters. The van der Waals surface area contributed by atoms with Crippen LogP contribution in [0.3, 0.4) is 0 Å². The van der Waals surface area contributed by atoms with Gasteiger partial charge in [-0.3, -0.25) is 4.79 Å². The SMILES string of the molecule is Cc1c(-c2ncc(-c3ccc(OC(C)C)c(C#N)c3)s2)ccc2c1CCC2CC(=O)O. The molecule has 0 saturated heterocycles. The van der Waals surface area contributed by atoms with E-state index in [2.05, 4.69) is 30.1 Å². The number of fused-ring (bicyclic) bond motifs is 1. The first-order valence-corrected chi connectivity index (χ1v) is 11.2. The van der Waals surface area contributed by atoms with E-state index in [0.29, 0.717) is 11.3 Å². The van der Waals surface area contributed by atoms with Gasteiger partial charge in [0, 0.05) is 11.8 Å². The number of aromatic nitrogens is 1. The molecular weight excluding hydrogens is 408 g/mol. The highest BCUT2D eigenvalue weighted by atomic mass is 32.1. The Hall–Kier alpha value is -3.17. The van der Waals surface area contributed by atoms with Crippen LogP contribution in [0.1, 0.15) is 54.9 Å². The number of hydrogen-bond acceptors (Lipinski definition) is 5. The molecule has 0 fully saturated rings. The van der Waals surface area contributed by atoms with Gasteiger partial charge in [0.05, 0.1) is 23.0 Å². The summed E-state index contributed by atoms with van der Waals surface area (Å²) < 4.78 is 5.72. The van der Waals surface area contributed by atoms with Crippen LogP contribution in [0.15, 0.2) is 36.5 Å². The lowest BCUT2D eigenvalue weighted by Gasteiger charge is -2.12. The predicted octanol–water partition coefficient (Wildman–Crippen LogP) is 5.95. The molecule has 3 aromatic rings. The van der Waals surface area contributed by atoms with Gasteiger partial charge in [-0.05, 0) is 80.0 Å². The molecule has 1 aliphatic rings. The molecule has 1 aromatic heterocycles. The van der Waals surface area contributed by atoms with Gasteiger partial charge in [0.2, 0.25) is 0 Å². The average Bonchev–Trinajstić information content (AvgIpc) is 3.36. The number of benzene rings is 2. The number of carboxylic acid groups (broad SMARTS) is 1. The number of carbonyl (C=O) groups is 1. The van der Waals surface area contributed by atoms with Crippen LogP contribution < -0.4 is 4.74 Å². The van der Waals surface area contributed by atoms with Crippen molar-refractivity contribution < 1.29 is 14.6 Å². The van der Waals surface area contributed by atoms with Gasteiger partial charge in [-0.1, -0.05) is 12.1 Å². The van der Waals surface area contributed by atoms with E-state index in [4.69, 9.17) is 4.74 Å². The van der Waals surface area contributed by atoms with Gasteiger partial charge in [0.15, 0.2) is 0 Å². The molecule has 1 heterocycles. The molecule has 31 heavy (non-hydrogen) atoms. The zero-order valence-electron chi connectivity index (χ0n) is 17.8. The topological polar surface area (TPSA) is 83.2 Å². The Bertz CT molecular complexity index is 1190. The Morgan fingerprint density at radius 3 is 2.87 bits per heavy atom. The van der Waals surface area contributed by atoms with Crippen LogP contribution in [-0.4, -0.2) is 22.2 Å². The van der Waals surface area contributed by atoms with Crippen LogP contribution in [0.25, 0.3) is 21.0 Å². The zero-order chi connectivity index (χ0) is 22.1. The Morgan fingerprint density at radius 2 is 2.16 bits per heavy atom. The van der Waals surface area contributed by atoms with Gasteiger partial charge in [-0.15, -0.1) is 11.3 Å². The van der Waals surface area contributed by atoms with E-state index in [-0.39, 0.29) is 18.4 Å². The maximum absolute atomic E-state index is 11.2. The van der Waals surface area contributed by atoms with Crippen molar-refractivity contribution in [2.75, 3.05) is 0 Å². The van der Waals surface area contributed by atoms with E-state index in [0.717, 1.165) is 33.9 Å². The average molecular weight is 433 g/mol. The molecule has 2 aromatic carbocycles. The molecule has 0 aliphatic heterocycles. The van der Waals surface area contributed by atoms with E-state index in [9.17, 15) is 15.2 Å². The third kappa shape index (κ3) is 4.19. The van der Waals surface area contributed by atoms with E-state index >= 15 is 0 Å². The van der Waals surface area contributed by atoms with Gasteiger partial charge in [0.25, 0.3) is 0 Å². The van der Waals surface area contributed by atoms with Gasteiger partial charge in [-0.25, -0.2) is 4.98 Å². The minimum absolute atomic E-state index is 0.00541. The highest BCUT2D eigenvalue weighted by Crippen LogP contribution is 2.42. The molecule has 158 valence electrons. The summed E-state index contributed by atoms with van der Waals surface area (Å²) in [7, 11) is 0. The number of ether oxygens (including phenoxy) is 1. The van der Waals surface area contributed by atoms with Crippen molar-refractivity contribution in [2.45, 2.75) is 52.1 Å². The minimum atomic E-state index is -0.745. The van der Waals surface area contributed by atoms with Gasteiger partial charge < -0.3 is 9.84 Å². The van der Waals surface area contributed by atoms with Crippen molar-refractivity contribution in [3.05, 3.63) is 58.8 Å². The highest BCUT2D eigenvalue weighted by Gasteiger charge is 2.27. The monoisotopic (exact) mass is 432 g/mol. The lowest BCUT2D eigenvalue weighted by molar-refractivity contribution is -0.137. The third-order valence-electron chi connectivity index (χ3n) is 5.72. The quantitative estimate of drug-likeness (QED) is 0.520. The van der Waals surface area contributed by atoms with Crippen LogP contribution in [0.5, 0.6) is 5.75 Å². The summed E-state index contributed by atoms with van der Waals surface area (Å²) in [6.07, 6.45) is 3.83. The second kappa shape index (κ2) is 8.52. The number of nitriles is 1. The van der Waals surface area contributed by atoms with Gasteiger partial charge in [-0.2, -0.15) is 5.26 Å². The third-order valence-corrected chi connectivity index (χ3v) is 6.80. The minimum Gasteiger partial charge on any atom is -0.490 e. The van der Waals surface area contributed by atoms with Crippen LogP contribution in [0.4, 0.5) is 0 Å². The van der Waals surface area contributed by atoms with E-state index in [1.807, 2.05) is 38.2 Å². The Labute approximate surface area is 186 Å². The summed E-state index contributed by atoms with van der Waals surface area (Å²) in [5.74, 6) is -0.0508. The van der Waals surface area contributed by atoms with E-state index < -0.39 is 5.97 Å². The zero-order valence-corrected chi connectivity index (χ0v) is 18.6.